The number of nitrogens with zero attached hydrogens (tertiary/aromatic N) is 2. The first kappa shape index (κ1) is 10.8. The van der Waals surface area contributed by atoms with Gasteiger partial charge in [0.1, 0.15) is 0 Å². The van der Waals surface area contributed by atoms with Crippen LogP contribution in [0.4, 0.5) is 10.1 Å². The Morgan fingerprint density at radius 2 is 1.93 bits per heavy atom. The highest BCUT2D eigenvalue weighted by molar-refractivity contribution is 5.52. The van der Waals surface area contributed by atoms with Gasteiger partial charge in [-0.25, -0.2) is 0 Å². The van der Waals surface area contributed by atoms with Crippen molar-refractivity contribution in [3.63, 3.8) is 0 Å². The van der Waals surface area contributed by atoms with Crippen molar-refractivity contribution < 1.29 is 14.2 Å². The molecule has 0 radical (unpaired) electrons. The number of nitro groups is 2. The van der Waals surface area contributed by atoms with Crippen LogP contribution < -0.4 is 0 Å². The lowest BCUT2D eigenvalue weighted by Gasteiger charge is -1.94. The standard InChI is InChI=1S/C8H5FN2O4/c9-7-2-1-6(3-4-10(12)13)5-8(7)11(14)15/h1-5H/b4-3+. The molecule has 0 N–H and O–H groups in total. The van der Waals surface area contributed by atoms with E-state index in [0.717, 1.165) is 18.2 Å². The molecule has 0 saturated heterocycles. The van der Waals surface area contributed by atoms with Crippen LogP contribution in [-0.4, -0.2) is 9.85 Å². The van der Waals surface area contributed by atoms with Gasteiger partial charge in [-0.3, -0.25) is 20.2 Å². The highest BCUT2D eigenvalue weighted by atomic mass is 19.1. The molecule has 0 aliphatic heterocycles. The van der Waals surface area contributed by atoms with Gasteiger partial charge in [-0.15, -0.1) is 0 Å². The fourth-order valence-corrected chi connectivity index (χ4v) is 0.920. The topological polar surface area (TPSA) is 86.3 Å². The Morgan fingerprint density at radius 3 is 2.47 bits per heavy atom. The van der Waals surface area contributed by atoms with Gasteiger partial charge in [-0.2, -0.15) is 4.39 Å². The monoisotopic (exact) mass is 212 g/mol. The Balaban J connectivity index is 3.08. The number of nitro benzene ring substituents is 1. The maximum absolute atomic E-state index is 12.8. The first-order valence-corrected chi connectivity index (χ1v) is 3.76. The molecule has 0 fully saturated rings. The average Bonchev–Trinajstić information content (AvgIpc) is 2.16. The van der Waals surface area contributed by atoms with Crippen LogP contribution in [0.3, 0.4) is 0 Å². The predicted octanol–water partition coefficient (Wildman–Crippen LogP) is 1.98. The van der Waals surface area contributed by atoms with Crippen LogP contribution in [0, 0.1) is 26.0 Å². The molecular weight excluding hydrogens is 207 g/mol. The molecule has 0 unspecified atom stereocenters. The minimum absolute atomic E-state index is 0.194. The predicted molar refractivity (Wildman–Crippen MR) is 49.1 cm³/mol. The van der Waals surface area contributed by atoms with Gasteiger partial charge in [-0.05, 0) is 11.6 Å². The third kappa shape index (κ3) is 2.83. The molecule has 78 valence electrons. The zero-order valence-electron chi connectivity index (χ0n) is 7.29. The number of halogens is 1. The first-order chi connectivity index (χ1) is 7.00. The zero-order chi connectivity index (χ0) is 11.4. The summed E-state index contributed by atoms with van der Waals surface area (Å²) in [7, 11) is 0. The highest BCUT2D eigenvalue weighted by Crippen LogP contribution is 2.19. The van der Waals surface area contributed by atoms with Crippen LogP contribution in [0.2, 0.25) is 0 Å². The van der Waals surface area contributed by atoms with Gasteiger partial charge in [-0.1, -0.05) is 6.07 Å². The van der Waals surface area contributed by atoms with Crippen LogP contribution in [0.5, 0.6) is 0 Å². The molecular formula is C8H5FN2O4. The van der Waals surface area contributed by atoms with Gasteiger partial charge in [0, 0.05) is 12.1 Å². The van der Waals surface area contributed by atoms with E-state index in [-0.39, 0.29) is 5.56 Å². The van der Waals surface area contributed by atoms with Gasteiger partial charge >= 0.3 is 5.69 Å². The normalized spacial score (nSPS) is 10.5. The number of hydrogen-bond acceptors (Lipinski definition) is 4. The largest absolute Gasteiger partial charge is 0.305 e. The average molecular weight is 212 g/mol. The molecule has 15 heavy (non-hydrogen) atoms. The maximum atomic E-state index is 12.8. The molecule has 1 rings (SSSR count). The van der Waals surface area contributed by atoms with Crippen LogP contribution in [0.15, 0.2) is 24.4 Å². The van der Waals surface area contributed by atoms with E-state index < -0.39 is 21.4 Å². The Hall–Kier alpha value is -2.31. The summed E-state index contributed by atoms with van der Waals surface area (Å²) in [5, 5.41) is 20.3. The summed E-state index contributed by atoms with van der Waals surface area (Å²) in [5.74, 6) is -0.974. The molecule has 7 heteroatoms. The highest BCUT2D eigenvalue weighted by Gasteiger charge is 2.13. The van der Waals surface area contributed by atoms with Gasteiger partial charge in [0.15, 0.2) is 0 Å². The second-order valence-electron chi connectivity index (χ2n) is 2.57. The molecule has 0 spiro atoms. The smallest absolute Gasteiger partial charge is 0.259 e. The lowest BCUT2D eigenvalue weighted by Crippen LogP contribution is -1.92. The molecule has 0 saturated carbocycles. The van der Waals surface area contributed by atoms with Crippen LogP contribution in [0.1, 0.15) is 5.56 Å². The Labute approximate surface area is 82.9 Å². The molecule has 1 aromatic rings. The van der Waals surface area contributed by atoms with Crippen molar-refractivity contribution in [2.45, 2.75) is 0 Å². The van der Waals surface area contributed by atoms with Crippen molar-refractivity contribution in [2.75, 3.05) is 0 Å². The van der Waals surface area contributed by atoms with Crippen LogP contribution >= 0.6 is 0 Å². The third-order valence-corrected chi connectivity index (χ3v) is 1.56. The molecule has 0 amide bonds. The minimum Gasteiger partial charge on any atom is -0.259 e. The second-order valence-corrected chi connectivity index (χ2v) is 2.57. The van der Waals surface area contributed by atoms with Gasteiger partial charge in [0.25, 0.3) is 0 Å². The summed E-state index contributed by atoms with van der Waals surface area (Å²) >= 11 is 0. The van der Waals surface area contributed by atoms with E-state index in [1.165, 1.54) is 6.07 Å². The van der Waals surface area contributed by atoms with E-state index in [1.807, 2.05) is 0 Å². The fourth-order valence-electron chi connectivity index (χ4n) is 0.920. The number of rotatable bonds is 3. The van der Waals surface area contributed by atoms with Gasteiger partial charge < -0.3 is 0 Å². The van der Waals surface area contributed by atoms with Crippen molar-refractivity contribution >= 4 is 11.8 Å². The summed E-state index contributed by atoms with van der Waals surface area (Å²) in [4.78, 5) is 18.7. The quantitative estimate of drug-likeness (QED) is 0.566. The minimum atomic E-state index is -0.974. The van der Waals surface area contributed by atoms with Crippen LogP contribution in [0.25, 0.3) is 6.08 Å². The Bertz CT molecular complexity index is 444. The fraction of sp³-hybridized carbons (Fsp3) is 0. The maximum Gasteiger partial charge on any atom is 0.305 e. The number of benzene rings is 1. The van der Waals surface area contributed by atoms with Gasteiger partial charge in [0.2, 0.25) is 12.0 Å². The summed E-state index contributed by atoms with van der Waals surface area (Å²) < 4.78 is 12.8. The van der Waals surface area contributed by atoms with E-state index in [1.54, 1.807) is 0 Å². The van der Waals surface area contributed by atoms with E-state index in [0.29, 0.717) is 6.20 Å². The van der Waals surface area contributed by atoms with E-state index in [2.05, 4.69) is 0 Å². The van der Waals surface area contributed by atoms with Crippen molar-refractivity contribution in [3.8, 4) is 0 Å². The third-order valence-electron chi connectivity index (χ3n) is 1.56. The lowest BCUT2D eigenvalue weighted by atomic mass is 10.2. The molecule has 1 aromatic carbocycles. The van der Waals surface area contributed by atoms with Crippen molar-refractivity contribution in [3.05, 3.63) is 56.0 Å². The molecule has 6 nitrogen and oxygen atoms in total. The van der Waals surface area contributed by atoms with Crippen LogP contribution in [-0.2, 0) is 0 Å². The molecule has 0 atom stereocenters. The molecule has 0 aromatic heterocycles. The van der Waals surface area contributed by atoms with Crippen molar-refractivity contribution in [2.24, 2.45) is 0 Å². The Kier molecular flexibility index (Phi) is 3.06. The van der Waals surface area contributed by atoms with Crippen molar-refractivity contribution in [1.29, 1.82) is 0 Å². The molecule has 0 aliphatic rings. The first-order valence-electron chi connectivity index (χ1n) is 3.76. The SMILES string of the molecule is O=[N+]([O-])/C=C/c1ccc(F)c([N+](=O)[O-])c1. The lowest BCUT2D eigenvalue weighted by molar-refractivity contribution is -0.401. The second kappa shape index (κ2) is 4.27. The summed E-state index contributed by atoms with van der Waals surface area (Å²) in [6.45, 7) is 0. The zero-order valence-corrected chi connectivity index (χ0v) is 7.29. The molecule has 0 bridgehead atoms. The molecule has 0 aliphatic carbocycles. The van der Waals surface area contributed by atoms with Crippen molar-refractivity contribution in [1.82, 2.24) is 0 Å². The summed E-state index contributed by atoms with van der Waals surface area (Å²) in [6.07, 6.45) is 1.67. The van der Waals surface area contributed by atoms with Gasteiger partial charge in [0.05, 0.1) is 9.85 Å². The molecule has 0 heterocycles. The van der Waals surface area contributed by atoms with E-state index >= 15 is 0 Å². The van der Waals surface area contributed by atoms with E-state index in [9.17, 15) is 24.6 Å². The summed E-state index contributed by atoms with van der Waals surface area (Å²) in [5.41, 5.74) is -0.514. The van der Waals surface area contributed by atoms with E-state index in [4.69, 9.17) is 0 Å². The Morgan fingerprint density at radius 1 is 1.27 bits per heavy atom. The number of hydrogen-bond donors (Lipinski definition) is 0. The summed E-state index contributed by atoms with van der Waals surface area (Å²) in [6, 6.07) is 3.02.